The van der Waals surface area contributed by atoms with E-state index in [0.717, 1.165) is 5.82 Å². The fourth-order valence-electron chi connectivity index (χ4n) is 0.951. The number of hydrogen-bond acceptors (Lipinski definition) is 2. The first-order chi connectivity index (χ1) is 5.86. The summed E-state index contributed by atoms with van der Waals surface area (Å²) in [6.07, 6.45) is 4.70. The average molecular weight is 161 g/mol. The molecule has 0 aliphatic heterocycles. The minimum Gasteiger partial charge on any atom is -0.347 e. The molecule has 2 heterocycles. The molecule has 0 aliphatic rings. The lowest BCUT2D eigenvalue weighted by molar-refractivity contribution is 0.815. The van der Waals surface area contributed by atoms with Crippen molar-refractivity contribution in [1.82, 2.24) is 14.8 Å². The molecule has 0 aliphatic carbocycles. The maximum atomic E-state index is 10.7. The van der Waals surface area contributed by atoms with E-state index < -0.39 is 0 Å². The van der Waals surface area contributed by atoms with Gasteiger partial charge in [0, 0.05) is 18.5 Å². The van der Waals surface area contributed by atoms with E-state index in [2.05, 4.69) is 10.1 Å². The zero-order chi connectivity index (χ0) is 8.39. The van der Waals surface area contributed by atoms with Crippen LogP contribution in [-0.2, 0) is 0 Å². The molecule has 60 valence electrons. The van der Waals surface area contributed by atoms with Crippen LogP contribution in [0.15, 0.2) is 41.6 Å². The highest BCUT2D eigenvalue weighted by atomic mass is 16.1. The van der Waals surface area contributed by atoms with Gasteiger partial charge in [-0.15, -0.1) is 0 Å². The van der Waals surface area contributed by atoms with Crippen LogP contribution in [0.25, 0.3) is 5.82 Å². The van der Waals surface area contributed by atoms with E-state index in [1.54, 1.807) is 17.1 Å². The van der Waals surface area contributed by atoms with Crippen LogP contribution in [0.4, 0.5) is 0 Å². The van der Waals surface area contributed by atoms with E-state index in [-0.39, 0.29) is 5.43 Å². The molecule has 0 fully saturated rings. The molecule has 0 amide bonds. The predicted octanol–water partition coefficient (Wildman–Crippen LogP) is 0.561. The molecule has 2 rings (SSSR count). The summed E-state index contributed by atoms with van der Waals surface area (Å²) in [7, 11) is 0. The molecule has 0 saturated heterocycles. The van der Waals surface area contributed by atoms with Crippen LogP contribution >= 0.6 is 0 Å². The van der Waals surface area contributed by atoms with Crippen LogP contribution in [0.5, 0.6) is 0 Å². The Bertz CT molecular complexity index is 396. The lowest BCUT2D eigenvalue weighted by Crippen LogP contribution is -2.06. The second kappa shape index (κ2) is 2.65. The SMILES string of the molecule is O=c1ccn(-c2ccc[nH]2)nc1. The lowest BCUT2D eigenvalue weighted by atomic mass is 10.5. The van der Waals surface area contributed by atoms with E-state index in [1.807, 2.05) is 12.1 Å². The number of aromatic nitrogens is 3. The molecular formula is C8H7N3O. The van der Waals surface area contributed by atoms with Crippen molar-refractivity contribution in [2.75, 3.05) is 0 Å². The molecule has 0 aromatic carbocycles. The third-order valence-corrected chi connectivity index (χ3v) is 1.52. The molecule has 0 spiro atoms. The molecule has 0 saturated carbocycles. The Morgan fingerprint density at radius 1 is 1.42 bits per heavy atom. The normalized spacial score (nSPS) is 10.0. The molecule has 0 unspecified atom stereocenters. The highest BCUT2D eigenvalue weighted by Gasteiger charge is 1.93. The van der Waals surface area contributed by atoms with Crippen molar-refractivity contribution in [2.45, 2.75) is 0 Å². The van der Waals surface area contributed by atoms with Crippen molar-refractivity contribution < 1.29 is 0 Å². The summed E-state index contributed by atoms with van der Waals surface area (Å²) < 4.78 is 1.60. The van der Waals surface area contributed by atoms with Gasteiger partial charge in [0.1, 0.15) is 5.82 Å². The predicted molar refractivity (Wildman–Crippen MR) is 44.2 cm³/mol. The summed E-state index contributed by atoms with van der Waals surface area (Å²) in [6.45, 7) is 0. The van der Waals surface area contributed by atoms with Crippen molar-refractivity contribution in [3.63, 3.8) is 0 Å². The number of nitrogens with one attached hydrogen (secondary N) is 1. The van der Waals surface area contributed by atoms with Gasteiger partial charge in [-0.3, -0.25) is 4.79 Å². The quantitative estimate of drug-likeness (QED) is 0.664. The van der Waals surface area contributed by atoms with E-state index >= 15 is 0 Å². The number of hydrogen-bond donors (Lipinski definition) is 1. The van der Waals surface area contributed by atoms with Crippen molar-refractivity contribution in [1.29, 1.82) is 0 Å². The van der Waals surface area contributed by atoms with Gasteiger partial charge in [0.05, 0.1) is 6.20 Å². The highest BCUT2D eigenvalue weighted by molar-refractivity contribution is 5.20. The first-order valence-electron chi connectivity index (χ1n) is 3.55. The molecule has 12 heavy (non-hydrogen) atoms. The largest absolute Gasteiger partial charge is 0.347 e. The van der Waals surface area contributed by atoms with Crippen LogP contribution in [0, 0.1) is 0 Å². The zero-order valence-corrected chi connectivity index (χ0v) is 6.27. The topological polar surface area (TPSA) is 50.7 Å². The summed E-state index contributed by atoms with van der Waals surface area (Å²) in [5, 5.41) is 3.89. The van der Waals surface area contributed by atoms with Crippen molar-refractivity contribution in [2.24, 2.45) is 0 Å². The number of nitrogens with zero attached hydrogens (tertiary/aromatic N) is 2. The molecule has 2 aromatic rings. The fraction of sp³-hybridized carbons (Fsp3) is 0. The van der Waals surface area contributed by atoms with Gasteiger partial charge in [-0.25, -0.2) is 4.68 Å². The van der Waals surface area contributed by atoms with Gasteiger partial charge >= 0.3 is 0 Å². The molecule has 4 nitrogen and oxygen atoms in total. The van der Waals surface area contributed by atoms with Gasteiger partial charge in [0.25, 0.3) is 0 Å². The molecule has 2 aromatic heterocycles. The Labute approximate surface area is 68.5 Å². The minimum atomic E-state index is -0.0854. The second-order valence-corrected chi connectivity index (χ2v) is 2.36. The fourth-order valence-corrected chi connectivity index (χ4v) is 0.951. The third-order valence-electron chi connectivity index (χ3n) is 1.52. The standard InChI is InChI=1S/C8H7N3O/c12-7-3-5-11(10-6-7)8-2-1-4-9-8/h1-6,9H. The highest BCUT2D eigenvalue weighted by Crippen LogP contribution is 1.98. The molecule has 4 heteroatoms. The van der Waals surface area contributed by atoms with Crippen molar-refractivity contribution in [3.8, 4) is 5.82 Å². The Morgan fingerprint density at radius 2 is 2.33 bits per heavy atom. The van der Waals surface area contributed by atoms with Gasteiger partial charge < -0.3 is 4.98 Å². The van der Waals surface area contributed by atoms with Gasteiger partial charge in [-0.05, 0) is 12.1 Å². The summed E-state index contributed by atoms with van der Waals surface area (Å²) in [4.78, 5) is 13.7. The van der Waals surface area contributed by atoms with Gasteiger partial charge in [0.2, 0.25) is 0 Å². The average Bonchev–Trinajstić information content (AvgIpc) is 2.58. The lowest BCUT2D eigenvalue weighted by Gasteiger charge is -1.98. The first kappa shape index (κ1) is 6.84. The number of aromatic amines is 1. The molecule has 0 atom stereocenters. The second-order valence-electron chi connectivity index (χ2n) is 2.36. The third kappa shape index (κ3) is 1.14. The smallest absolute Gasteiger partial charge is 0.200 e. The number of H-pyrrole nitrogens is 1. The van der Waals surface area contributed by atoms with Gasteiger partial charge in [0.15, 0.2) is 5.43 Å². The van der Waals surface area contributed by atoms with Gasteiger partial charge in [-0.1, -0.05) is 0 Å². The zero-order valence-electron chi connectivity index (χ0n) is 6.27. The molecule has 0 bridgehead atoms. The Balaban J connectivity index is 2.49. The summed E-state index contributed by atoms with van der Waals surface area (Å²) in [6, 6.07) is 5.21. The summed E-state index contributed by atoms with van der Waals surface area (Å²) in [5.41, 5.74) is -0.0854. The van der Waals surface area contributed by atoms with Crippen LogP contribution in [0.1, 0.15) is 0 Å². The first-order valence-corrected chi connectivity index (χ1v) is 3.55. The molecule has 0 radical (unpaired) electrons. The maximum Gasteiger partial charge on any atom is 0.200 e. The van der Waals surface area contributed by atoms with E-state index in [9.17, 15) is 4.79 Å². The van der Waals surface area contributed by atoms with E-state index in [1.165, 1.54) is 12.3 Å². The van der Waals surface area contributed by atoms with E-state index in [0.29, 0.717) is 0 Å². The summed E-state index contributed by atoms with van der Waals surface area (Å²) in [5.74, 6) is 0.843. The van der Waals surface area contributed by atoms with Crippen LogP contribution in [0.2, 0.25) is 0 Å². The van der Waals surface area contributed by atoms with Crippen molar-refractivity contribution >= 4 is 0 Å². The minimum absolute atomic E-state index is 0.0854. The Kier molecular flexibility index (Phi) is 1.51. The van der Waals surface area contributed by atoms with Crippen LogP contribution in [0.3, 0.4) is 0 Å². The monoisotopic (exact) mass is 161 g/mol. The number of rotatable bonds is 1. The van der Waals surface area contributed by atoms with Crippen molar-refractivity contribution in [3.05, 3.63) is 47.0 Å². The molecule has 1 N–H and O–H groups in total. The maximum absolute atomic E-state index is 10.7. The van der Waals surface area contributed by atoms with Crippen LogP contribution < -0.4 is 5.43 Å². The summed E-state index contributed by atoms with van der Waals surface area (Å²) >= 11 is 0. The van der Waals surface area contributed by atoms with E-state index in [4.69, 9.17) is 0 Å². The van der Waals surface area contributed by atoms with Crippen LogP contribution in [-0.4, -0.2) is 14.8 Å². The molecular weight excluding hydrogens is 154 g/mol. The van der Waals surface area contributed by atoms with Gasteiger partial charge in [-0.2, -0.15) is 5.10 Å². The Hall–Kier alpha value is -1.84. The Morgan fingerprint density at radius 3 is 2.92 bits per heavy atom.